The first-order valence-electron chi connectivity index (χ1n) is 6.86. The monoisotopic (exact) mass is 434 g/mol. The normalized spacial score (nSPS) is 19.2. The van der Waals surface area contributed by atoms with Gasteiger partial charge in [-0.3, -0.25) is 4.99 Å². The van der Waals surface area contributed by atoms with Crippen LogP contribution in [0.3, 0.4) is 0 Å². The van der Waals surface area contributed by atoms with Gasteiger partial charge in [0.15, 0.2) is 5.96 Å². The van der Waals surface area contributed by atoms with Crippen LogP contribution in [-0.4, -0.2) is 72.5 Å². The summed E-state index contributed by atoms with van der Waals surface area (Å²) in [5.74, 6) is 1.39. The summed E-state index contributed by atoms with van der Waals surface area (Å²) in [4.78, 5) is 6.32. The van der Waals surface area contributed by atoms with E-state index in [4.69, 9.17) is 4.74 Å². The van der Waals surface area contributed by atoms with E-state index >= 15 is 0 Å². The van der Waals surface area contributed by atoms with Crippen LogP contribution in [0.15, 0.2) is 4.99 Å². The van der Waals surface area contributed by atoms with Gasteiger partial charge in [0.2, 0.25) is 10.0 Å². The first kappa shape index (κ1) is 20.9. The van der Waals surface area contributed by atoms with Gasteiger partial charge in [-0.15, -0.1) is 24.0 Å². The van der Waals surface area contributed by atoms with Crippen molar-refractivity contribution in [3.05, 3.63) is 0 Å². The van der Waals surface area contributed by atoms with E-state index in [1.807, 2.05) is 7.05 Å². The Labute approximate surface area is 145 Å². The maximum absolute atomic E-state index is 10.9. The van der Waals surface area contributed by atoms with Gasteiger partial charge in [0, 0.05) is 46.3 Å². The third kappa shape index (κ3) is 9.48. The molecule has 0 aromatic carbocycles. The number of guanidine groups is 1. The minimum atomic E-state index is -3.09. The van der Waals surface area contributed by atoms with Crippen molar-refractivity contribution in [1.29, 1.82) is 0 Å². The molecule has 0 aliphatic carbocycles. The molecule has 2 N–H and O–H groups in total. The lowest BCUT2D eigenvalue weighted by Crippen LogP contribution is -2.42. The van der Waals surface area contributed by atoms with Crippen molar-refractivity contribution in [2.75, 3.05) is 53.2 Å². The Bertz CT molecular complexity index is 411. The average Bonchev–Trinajstić information content (AvgIpc) is 2.85. The highest BCUT2D eigenvalue weighted by atomic mass is 127. The van der Waals surface area contributed by atoms with Crippen molar-refractivity contribution < 1.29 is 13.2 Å². The molecule has 0 aromatic rings. The van der Waals surface area contributed by atoms with E-state index in [0.717, 1.165) is 38.4 Å². The van der Waals surface area contributed by atoms with Gasteiger partial charge in [-0.25, -0.2) is 13.1 Å². The lowest BCUT2D eigenvalue weighted by Gasteiger charge is -2.24. The largest absolute Gasteiger partial charge is 0.381 e. The molecule has 0 amide bonds. The molecule has 21 heavy (non-hydrogen) atoms. The summed E-state index contributed by atoms with van der Waals surface area (Å²) in [7, 11) is 0.656. The molecule has 0 saturated carbocycles. The molecule has 1 aliphatic rings. The Hall–Kier alpha value is -0.130. The third-order valence-corrected chi connectivity index (χ3v) is 3.86. The SMILES string of the molecule is CN=C(NCCCNS(C)(=O)=O)N(C)CC1CCOC1.I. The van der Waals surface area contributed by atoms with E-state index in [1.165, 1.54) is 0 Å². The predicted octanol–water partition coefficient (Wildman–Crippen LogP) is 0.0874. The van der Waals surface area contributed by atoms with Gasteiger partial charge in [-0.1, -0.05) is 0 Å². The molecule has 1 saturated heterocycles. The fourth-order valence-corrected chi connectivity index (χ4v) is 2.65. The molecule has 0 aromatic heterocycles. The van der Waals surface area contributed by atoms with Gasteiger partial charge in [-0.2, -0.15) is 0 Å². The quantitative estimate of drug-likeness (QED) is 0.257. The van der Waals surface area contributed by atoms with E-state index in [1.54, 1.807) is 7.05 Å². The van der Waals surface area contributed by atoms with Gasteiger partial charge in [0.1, 0.15) is 0 Å². The number of rotatable bonds is 7. The topological polar surface area (TPSA) is 83.0 Å². The van der Waals surface area contributed by atoms with Crippen molar-refractivity contribution in [1.82, 2.24) is 14.9 Å². The molecule has 9 heteroatoms. The molecule has 1 aliphatic heterocycles. The third-order valence-electron chi connectivity index (χ3n) is 3.13. The Morgan fingerprint density at radius 2 is 2.14 bits per heavy atom. The number of hydrogen-bond acceptors (Lipinski definition) is 4. The zero-order valence-corrected chi connectivity index (χ0v) is 16.1. The van der Waals surface area contributed by atoms with Gasteiger partial charge < -0.3 is 15.0 Å². The van der Waals surface area contributed by atoms with Crippen LogP contribution in [-0.2, 0) is 14.8 Å². The highest BCUT2D eigenvalue weighted by Crippen LogP contribution is 2.13. The zero-order chi connectivity index (χ0) is 15.0. The molecule has 1 atom stereocenters. The van der Waals surface area contributed by atoms with Crippen molar-refractivity contribution in [2.45, 2.75) is 12.8 Å². The molecular weight excluding hydrogens is 407 g/mol. The van der Waals surface area contributed by atoms with Crippen LogP contribution in [0.2, 0.25) is 0 Å². The lowest BCUT2D eigenvalue weighted by atomic mass is 10.1. The predicted molar refractivity (Wildman–Crippen MR) is 95.8 cm³/mol. The lowest BCUT2D eigenvalue weighted by molar-refractivity contribution is 0.181. The average molecular weight is 434 g/mol. The summed E-state index contributed by atoms with van der Waals surface area (Å²) in [5.41, 5.74) is 0. The standard InChI is InChI=1S/C12H26N4O3S.HI/c1-13-12(14-6-4-7-15-20(3,17)18)16(2)9-11-5-8-19-10-11;/h11,15H,4-10H2,1-3H3,(H,13,14);1H. The number of aliphatic imine (C=N–C) groups is 1. The van der Waals surface area contributed by atoms with Crippen molar-refractivity contribution >= 4 is 40.0 Å². The van der Waals surface area contributed by atoms with E-state index in [2.05, 4.69) is 19.9 Å². The highest BCUT2D eigenvalue weighted by molar-refractivity contribution is 14.0. The molecule has 1 unspecified atom stereocenters. The van der Waals surface area contributed by atoms with Crippen LogP contribution in [0.4, 0.5) is 0 Å². The molecule has 126 valence electrons. The summed E-state index contributed by atoms with van der Waals surface area (Å²) >= 11 is 0. The number of hydrogen-bond donors (Lipinski definition) is 2. The summed E-state index contributed by atoms with van der Waals surface area (Å²) in [6.07, 6.45) is 2.98. The van der Waals surface area contributed by atoms with E-state index in [9.17, 15) is 8.42 Å². The number of sulfonamides is 1. The van der Waals surface area contributed by atoms with E-state index in [-0.39, 0.29) is 24.0 Å². The number of halogens is 1. The smallest absolute Gasteiger partial charge is 0.208 e. The van der Waals surface area contributed by atoms with Gasteiger partial charge in [0.25, 0.3) is 0 Å². The van der Waals surface area contributed by atoms with E-state index in [0.29, 0.717) is 25.4 Å². The molecule has 0 spiro atoms. The maximum Gasteiger partial charge on any atom is 0.208 e. The van der Waals surface area contributed by atoms with E-state index < -0.39 is 10.0 Å². The van der Waals surface area contributed by atoms with Crippen molar-refractivity contribution in [2.24, 2.45) is 10.9 Å². The Morgan fingerprint density at radius 3 is 2.67 bits per heavy atom. The molecular formula is C12H27IN4O3S. The second kappa shape index (κ2) is 10.6. The highest BCUT2D eigenvalue weighted by Gasteiger charge is 2.18. The van der Waals surface area contributed by atoms with Gasteiger partial charge >= 0.3 is 0 Å². The van der Waals surface area contributed by atoms with Crippen molar-refractivity contribution in [3.8, 4) is 0 Å². The number of ether oxygens (including phenoxy) is 1. The molecule has 0 bridgehead atoms. The Kier molecular flexibility index (Phi) is 10.5. The zero-order valence-electron chi connectivity index (χ0n) is 13.0. The van der Waals surface area contributed by atoms with Crippen LogP contribution in [0.25, 0.3) is 0 Å². The van der Waals surface area contributed by atoms with Gasteiger partial charge in [-0.05, 0) is 12.8 Å². The fraction of sp³-hybridized carbons (Fsp3) is 0.917. The van der Waals surface area contributed by atoms with Crippen LogP contribution in [0.5, 0.6) is 0 Å². The fourth-order valence-electron chi connectivity index (χ4n) is 2.13. The van der Waals surface area contributed by atoms with Crippen molar-refractivity contribution in [3.63, 3.8) is 0 Å². The number of nitrogens with zero attached hydrogens (tertiary/aromatic N) is 2. The summed E-state index contributed by atoms with van der Waals surface area (Å²) in [6.45, 7) is 3.70. The first-order valence-corrected chi connectivity index (χ1v) is 8.75. The molecule has 1 fully saturated rings. The van der Waals surface area contributed by atoms with Crippen LogP contribution < -0.4 is 10.0 Å². The van der Waals surface area contributed by atoms with Crippen LogP contribution >= 0.6 is 24.0 Å². The first-order chi connectivity index (χ1) is 9.42. The molecule has 1 heterocycles. The number of nitrogens with one attached hydrogen (secondary N) is 2. The second-order valence-electron chi connectivity index (χ2n) is 5.10. The van der Waals surface area contributed by atoms with Crippen LogP contribution in [0.1, 0.15) is 12.8 Å². The second-order valence-corrected chi connectivity index (χ2v) is 6.94. The minimum absolute atomic E-state index is 0. The maximum atomic E-state index is 10.9. The molecule has 1 rings (SSSR count). The Morgan fingerprint density at radius 1 is 1.43 bits per heavy atom. The summed E-state index contributed by atoms with van der Waals surface area (Å²) in [6, 6.07) is 0. The Balaban J connectivity index is 0.00000400. The minimum Gasteiger partial charge on any atom is -0.381 e. The summed E-state index contributed by atoms with van der Waals surface area (Å²) in [5, 5.41) is 3.23. The molecule has 0 radical (unpaired) electrons. The molecule has 7 nitrogen and oxygen atoms in total. The summed E-state index contributed by atoms with van der Waals surface area (Å²) < 4.78 is 29.6. The van der Waals surface area contributed by atoms with Crippen LogP contribution in [0, 0.1) is 5.92 Å². The van der Waals surface area contributed by atoms with Gasteiger partial charge in [0.05, 0.1) is 12.9 Å².